The molecule has 4 rings (SSSR count). The maximum Gasteiger partial charge on any atom is 0.261 e. The highest BCUT2D eigenvalue weighted by atomic mass is 16.5. The van der Waals surface area contributed by atoms with E-state index in [1.807, 2.05) is 18.2 Å². The molecule has 0 N–H and O–H groups in total. The molecule has 1 aliphatic heterocycles. The Labute approximate surface area is 187 Å². The second-order valence-corrected chi connectivity index (χ2v) is 7.87. The first-order chi connectivity index (χ1) is 15.5. The van der Waals surface area contributed by atoms with Gasteiger partial charge in [-0.2, -0.15) is 0 Å². The zero-order chi connectivity index (χ0) is 22.7. The summed E-state index contributed by atoms with van der Waals surface area (Å²) in [7, 11) is 6.63. The molecule has 0 aliphatic carbocycles. The third kappa shape index (κ3) is 4.23. The molecule has 1 aliphatic rings. The summed E-state index contributed by atoms with van der Waals surface area (Å²) in [5.74, 6) is 2.77. The third-order valence-corrected chi connectivity index (χ3v) is 6.12. The van der Waals surface area contributed by atoms with Crippen LogP contribution in [-0.2, 0) is 13.5 Å². The molecule has 170 valence electrons. The number of methoxy groups -OCH3 is 3. The molecule has 0 radical (unpaired) electrons. The van der Waals surface area contributed by atoms with Gasteiger partial charge < -0.3 is 19.1 Å². The van der Waals surface area contributed by atoms with Crippen molar-refractivity contribution in [2.45, 2.75) is 6.42 Å². The minimum absolute atomic E-state index is 0.0769. The van der Waals surface area contributed by atoms with Gasteiger partial charge in [0, 0.05) is 52.3 Å². The van der Waals surface area contributed by atoms with Gasteiger partial charge in [-0.3, -0.25) is 14.3 Å². The van der Waals surface area contributed by atoms with Crippen LogP contribution in [0.25, 0.3) is 10.9 Å². The number of anilines is 1. The van der Waals surface area contributed by atoms with Crippen LogP contribution in [0.3, 0.4) is 0 Å². The van der Waals surface area contributed by atoms with Gasteiger partial charge in [-0.1, -0.05) is 12.1 Å². The van der Waals surface area contributed by atoms with Crippen molar-refractivity contribution < 1.29 is 14.2 Å². The smallest absolute Gasteiger partial charge is 0.261 e. The molecule has 8 nitrogen and oxygen atoms in total. The van der Waals surface area contributed by atoms with Gasteiger partial charge in [-0.15, -0.1) is 0 Å². The van der Waals surface area contributed by atoms with E-state index < -0.39 is 0 Å². The standard InChI is InChI=1S/C24H30N4O4/c1-26-23(25-18-16-22(32-4)21(31-3)15-17(18)24(26)29)9-10-27-11-13-28(14-12-27)19-7-5-6-8-20(19)30-2/h5-8,15-16H,9-14H2,1-4H3. The molecule has 1 saturated heterocycles. The van der Waals surface area contributed by atoms with Crippen LogP contribution in [-0.4, -0.2) is 68.5 Å². The minimum Gasteiger partial charge on any atom is -0.495 e. The van der Waals surface area contributed by atoms with E-state index in [1.54, 1.807) is 45.1 Å². The van der Waals surface area contributed by atoms with Crippen molar-refractivity contribution in [2.75, 3.05) is 59.0 Å². The molecule has 8 heteroatoms. The Morgan fingerprint density at radius 3 is 2.25 bits per heavy atom. The maximum atomic E-state index is 12.9. The number of nitrogens with zero attached hydrogens (tertiary/aromatic N) is 4. The van der Waals surface area contributed by atoms with E-state index in [0.717, 1.165) is 50.0 Å². The minimum atomic E-state index is -0.0769. The first-order valence-corrected chi connectivity index (χ1v) is 10.8. The van der Waals surface area contributed by atoms with Crippen LogP contribution >= 0.6 is 0 Å². The lowest BCUT2D eigenvalue weighted by molar-refractivity contribution is 0.257. The van der Waals surface area contributed by atoms with Gasteiger partial charge in [0.15, 0.2) is 11.5 Å². The van der Waals surface area contributed by atoms with E-state index in [9.17, 15) is 4.79 Å². The maximum absolute atomic E-state index is 12.9. The number of benzene rings is 2. The number of piperazine rings is 1. The van der Waals surface area contributed by atoms with E-state index >= 15 is 0 Å². The first kappa shape index (κ1) is 22.0. The van der Waals surface area contributed by atoms with Gasteiger partial charge in [0.05, 0.1) is 37.9 Å². The summed E-state index contributed by atoms with van der Waals surface area (Å²) in [4.78, 5) is 22.5. The number of ether oxygens (including phenoxy) is 3. The van der Waals surface area contributed by atoms with Crippen molar-refractivity contribution in [3.05, 3.63) is 52.6 Å². The summed E-state index contributed by atoms with van der Waals surface area (Å²) in [6.45, 7) is 4.61. The average molecular weight is 439 g/mol. The van der Waals surface area contributed by atoms with Crippen molar-refractivity contribution >= 4 is 16.6 Å². The lowest BCUT2D eigenvalue weighted by Gasteiger charge is -2.36. The molecule has 32 heavy (non-hydrogen) atoms. The first-order valence-electron chi connectivity index (χ1n) is 10.8. The number of para-hydroxylation sites is 2. The van der Waals surface area contributed by atoms with Gasteiger partial charge in [0.2, 0.25) is 0 Å². The number of hydrogen-bond donors (Lipinski definition) is 0. The van der Waals surface area contributed by atoms with Crippen molar-refractivity contribution in [3.63, 3.8) is 0 Å². The molecule has 0 atom stereocenters. The number of hydrogen-bond acceptors (Lipinski definition) is 7. The Balaban J connectivity index is 1.46. The number of fused-ring (bicyclic) bond motifs is 1. The summed E-state index contributed by atoms with van der Waals surface area (Å²) >= 11 is 0. The summed E-state index contributed by atoms with van der Waals surface area (Å²) in [6.07, 6.45) is 0.699. The lowest BCUT2D eigenvalue weighted by atomic mass is 10.2. The van der Waals surface area contributed by atoms with Crippen LogP contribution in [0.15, 0.2) is 41.2 Å². The fourth-order valence-corrected chi connectivity index (χ4v) is 4.23. The topological polar surface area (TPSA) is 69.1 Å². The molecule has 1 aromatic heterocycles. The van der Waals surface area contributed by atoms with E-state index in [0.29, 0.717) is 28.8 Å². The zero-order valence-electron chi connectivity index (χ0n) is 19.1. The Morgan fingerprint density at radius 2 is 1.56 bits per heavy atom. The van der Waals surface area contributed by atoms with E-state index in [1.165, 1.54) is 0 Å². The molecule has 0 unspecified atom stereocenters. The average Bonchev–Trinajstić information content (AvgIpc) is 2.84. The third-order valence-electron chi connectivity index (χ3n) is 6.12. The van der Waals surface area contributed by atoms with Crippen LogP contribution in [0.2, 0.25) is 0 Å². The van der Waals surface area contributed by atoms with Gasteiger partial charge in [0.25, 0.3) is 5.56 Å². The molecule has 2 heterocycles. The normalized spacial score (nSPS) is 14.6. The van der Waals surface area contributed by atoms with Crippen LogP contribution < -0.4 is 24.7 Å². The molecule has 2 aromatic carbocycles. The summed E-state index contributed by atoms with van der Waals surface area (Å²) < 4.78 is 17.9. The zero-order valence-corrected chi connectivity index (χ0v) is 19.1. The van der Waals surface area contributed by atoms with Crippen molar-refractivity contribution in [3.8, 4) is 17.2 Å². The predicted octanol–water partition coefficient (Wildman–Crippen LogP) is 2.32. The molecule has 3 aromatic rings. The van der Waals surface area contributed by atoms with Gasteiger partial charge in [-0.25, -0.2) is 4.98 Å². The molecule has 0 saturated carbocycles. The van der Waals surface area contributed by atoms with Gasteiger partial charge >= 0.3 is 0 Å². The fraction of sp³-hybridized carbons (Fsp3) is 0.417. The van der Waals surface area contributed by atoms with E-state index in [4.69, 9.17) is 19.2 Å². The fourth-order valence-electron chi connectivity index (χ4n) is 4.23. The van der Waals surface area contributed by atoms with Crippen LogP contribution in [0, 0.1) is 0 Å². The predicted molar refractivity (Wildman–Crippen MR) is 125 cm³/mol. The summed E-state index contributed by atoms with van der Waals surface area (Å²) in [5.41, 5.74) is 1.69. The largest absolute Gasteiger partial charge is 0.495 e. The SMILES string of the molecule is COc1cc2nc(CCN3CCN(c4ccccc4OC)CC3)n(C)c(=O)c2cc1OC. The van der Waals surface area contributed by atoms with Crippen LogP contribution in [0.4, 0.5) is 5.69 Å². The second kappa shape index (κ2) is 9.48. The number of rotatable bonds is 7. The van der Waals surface area contributed by atoms with Gasteiger partial charge in [0.1, 0.15) is 11.6 Å². The Bertz CT molecular complexity index is 1150. The molecular weight excluding hydrogens is 408 g/mol. The van der Waals surface area contributed by atoms with E-state index in [2.05, 4.69) is 15.9 Å². The summed E-state index contributed by atoms with van der Waals surface area (Å²) in [6, 6.07) is 11.6. The van der Waals surface area contributed by atoms with Crippen molar-refractivity contribution in [1.29, 1.82) is 0 Å². The molecule has 1 fully saturated rings. The Kier molecular flexibility index (Phi) is 6.50. The molecule has 0 bridgehead atoms. The monoisotopic (exact) mass is 438 g/mol. The second-order valence-electron chi connectivity index (χ2n) is 7.87. The van der Waals surface area contributed by atoms with E-state index in [-0.39, 0.29) is 5.56 Å². The highest BCUT2D eigenvalue weighted by Gasteiger charge is 2.20. The highest BCUT2D eigenvalue weighted by molar-refractivity contribution is 5.82. The highest BCUT2D eigenvalue weighted by Crippen LogP contribution is 2.30. The van der Waals surface area contributed by atoms with Crippen LogP contribution in [0.5, 0.6) is 17.2 Å². The quantitative estimate of drug-likeness (QED) is 0.561. The molecular formula is C24H30N4O4. The van der Waals surface area contributed by atoms with Crippen molar-refractivity contribution in [2.24, 2.45) is 7.05 Å². The van der Waals surface area contributed by atoms with Crippen LogP contribution in [0.1, 0.15) is 5.82 Å². The lowest BCUT2D eigenvalue weighted by Crippen LogP contribution is -2.47. The molecule has 0 spiro atoms. The van der Waals surface area contributed by atoms with Crippen molar-refractivity contribution in [1.82, 2.24) is 14.5 Å². The molecule has 0 amide bonds. The summed E-state index contributed by atoms with van der Waals surface area (Å²) in [5, 5.41) is 0.527. The number of aromatic nitrogens is 2. The van der Waals surface area contributed by atoms with Gasteiger partial charge in [-0.05, 0) is 18.2 Å². The Morgan fingerprint density at radius 1 is 0.906 bits per heavy atom. The Hall–Kier alpha value is -3.26.